The lowest BCUT2D eigenvalue weighted by Gasteiger charge is -2.21. The lowest BCUT2D eigenvalue weighted by atomic mass is 9.86. The molecule has 0 saturated heterocycles. The van der Waals surface area contributed by atoms with Crippen molar-refractivity contribution >= 4 is 11.9 Å². The van der Waals surface area contributed by atoms with Crippen molar-refractivity contribution < 1.29 is 19.1 Å². The van der Waals surface area contributed by atoms with Gasteiger partial charge in [-0.1, -0.05) is 112 Å². The lowest BCUT2D eigenvalue weighted by molar-refractivity contribution is -0.146. The SMILES string of the molecule is CCCCC(CC)COC(=O)CCCCCCCC(CCC(=O)OCC(CC)CCCC)C(C)C. The minimum Gasteiger partial charge on any atom is -0.465 e. The average molecular weight is 497 g/mol. The Bertz CT molecular complexity index is 502. The Morgan fingerprint density at radius 2 is 1.06 bits per heavy atom. The van der Waals surface area contributed by atoms with Gasteiger partial charge in [-0.15, -0.1) is 0 Å². The molecular weight excluding hydrogens is 436 g/mol. The molecule has 3 atom stereocenters. The first-order valence-corrected chi connectivity index (χ1v) is 15.2. The number of carbonyl (C=O) groups is 2. The largest absolute Gasteiger partial charge is 0.465 e. The summed E-state index contributed by atoms with van der Waals surface area (Å²) in [6.45, 7) is 14.5. The van der Waals surface area contributed by atoms with Crippen molar-refractivity contribution in [2.24, 2.45) is 23.7 Å². The van der Waals surface area contributed by atoms with E-state index in [9.17, 15) is 9.59 Å². The highest BCUT2D eigenvalue weighted by Crippen LogP contribution is 2.25. The Labute approximate surface area is 218 Å². The molecule has 3 unspecified atom stereocenters. The van der Waals surface area contributed by atoms with Crippen LogP contribution in [0.15, 0.2) is 0 Å². The third-order valence-electron chi connectivity index (χ3n) is 7.66. The molecule has 0 N–H and O–H groups in total. The van der Waals surface area contributed by atoms with Gasteiger partial charge in [-0.25, -0.2) is 0 Å². The van der Waals surface area contributed by atoms with Crippen LogP contribution in [0.5, 0.6) is 0 Å². The number of ether oxygens (including phenoxy) is 2. The Balaban J connectivity index is 3.92. The van der Waals surface area contributed by atoms with Gasteiger partial charge in [0.05, 0.1) is 13.2 Å². The average Bonchev–Trinajstić information content (AvgIpc) is 2.85. The molecule has 0 spiro atoms. The molecule has 4 heteroatoms. The molecule has 0 aliphatic carbocycles. The predicted molar refractivity (Wildman–Crippen MR) is 148 cm³/mol. The summed E-state index contributed by atoms with van der Waals surface area (Å²) in [7, 11) is 0. The number of unbranched alkanes of at least 4 members (excludes halogenated alkanes) is 6. The van der Waals surface area contributed by atoms with E-state index in [1.807, 2.05) is 0 Å². The molecule has 35 heavy (non-hydrogen) atoms. The van der Waals surface area contributed by atoms with E-state index in [1.165, 1.54) is 51.4 Å². The third kappa shape index (κ3) is 19.8. The first-order chi connectivity index (χ1) is 16.9. The highest BCUT2D eigenvalue weighted by Gasteiger charge is 2.17. The number of hydrogen-bond acceptors (Lipinski definition) is 4. The molecule has 0 bridgehead atoms. The van der Waals surface area contributed by atoms with Gasteiger partial charge in [-0.2, -0.15) is 0 Å². The molecule has 0 amide bonds. The quantitative estimate of drug-likeness (QED) is 0.0986. The highest BCUT2D eigenvalue weighted by molar-refractivity contribution is 5.69. The van der Waals surface area contributed by atoms with Crippen LogP contribution in [0.1, 0.15) is 151 Å². The van der Waals surface area contributed by atoms with E-state index in [4.69, 9.17) is 9.47 Å². The number of carbonyl (C=O) groups excluding carboxylic acids is 2. The van der Waals surface area contributed by atoms with Crippen molar-refractivity contribution in [2.45, 2.75) is 151 Å². The van der Waals surface area contributed by atoms with Crippen molar-refractivity contribution in [3.8, 4) is 0 Å². The molecule has 0 saturated carbocycles. The molecule has 0 heterocycles. The van der Waals surface area contributed by atoms with E-state index in [2.05, 4.69) is 41.5 Å². The Morgan fingerprint density at radius 3 is 1.54 bits per heavy atom. The Hall–Kier alpha value is -1.06. The smallest absolute Gasteiger partial charge is 0.305 e. The zero-order valence-corrected chi connectivity index (χ0v) is 24.4. The van der Waals surface area contributed by atoms with Crippen LogP contribution >= 0.6 is 0 Å². The first-order valence-electron chi connectivity index (χ1n) is 15.2. The van der Waals surface area contributed by atoms with Gasteiger partial charge in [0.1, 0.15) is 0 Å². The van der Waals surface area contributed by atoms with Crippen molar-refractivity contribution in [3.63, 3.8) is 0 Å². The van der Waals surface area contributed by atoms with Crippen LogP contribution < -0.4 is 0 Å². The molecule has 0 radical (unpaired) electrons. The minimum atomic E-state index is -0.0256. The topological polar surface area (TPSA) is 52.6 Å². The van der Waals surface area contributed by atoms with E-state index >= 15 is 0 Å². The molecule has 0 rings (SSSR count). The second-order valence-electron chi connectivity index (χ2n) is 11.0. The van der Waals surface area contributed by atoms with Gasteiger partial charge in [0, 0.05) is 12.8 Å². The summed E-state index contributed by atoms with van der Waals surface area (Å²) < 4.78 is 11.1. The molecular formula is C31H60O4. The van der Waals surface area contributed by atoms with Gasteiger partial charge in [-0.05, 0) is 49.4 Å². The van der Waals surface area contributed by atoms with Crippen LogP contribution in [0.2, 0.25) is 0 Å². The maximum absolute atomic E-state index is 12.3. The molecule has 0 aliphatic rings. The Morgan fingerprint density at radius 1 is 0.571 bits per heavy atom. The van der Waals surface area contributed by atoms with Gasteiger partial charge >= 0.3 is 11.9 Å². The summed E-state index contributed by atoms with van der Waals surface area (Å²) in [5.74, 6) is 2.17. The van der Waals surface area contributed by atoms with E-state index in [-0.39, 0.29) is 11.9 Å². The van der Waals surface area contributed by atoms with E-state index in [0.29, 0.717) is 49.7 Å². The van der Waals surface area contributed by atoms with Crippen LogP contribution in [0.25, 0.3) is 0 Å². The molecule has 0 aromatic rings. The minimum absolute atomic E-state index is 0.0203. The van der Waals surface area contributed by atoms with Crippen LogP contribution in [0.4, 0.5) is 0 Å². The van der Waals surface area contributed by atoms with Crippen molar-refractivity contribution in [2.75, 3.05) is 13.2 Å². The number of hydrogen-bond donors (Lipinski definition) is 0. The zero-order chi connectivity index (χ0) is 26.3. The summed E-state index contributed by atoms with van der Waals surface area (Å²) in [5.41, 5.74) is 0. The molecule has 0 aromatic heterocycles. The van der Waals surface area contributed by atoms with E-state index in [0.717, 1.165) is 44.9 Å². The summed E-state index contributed by atoms with van der Waals surface area (Å²) in [6, 6.07) is 0. The van der Waals surface area contributed by atoms with Crippen LogP contribution in [-0.4, -0.2) is 25.2 Å². The maximum atomic E-state index is 12.3. The second-order valence-corrected chi connectivity index (χ2v) is 11.0. The van der Waals surface area contributed by atoms with Crippen LogP contribution in [0.3, 0.4) is 0 Å². The molecule has 0 aliphatic heterocycles. The van der Waals surface area contributed by atoms with Gasteiger partial charge in [0.15, 0.2) is 0 Å². The molecule has 4 nitrogen and oxygen atoms in total. The highest BCUT2D eigenvalue weighted by atomic mass is 16.5. The number of rotatable bonds is 24. The van der Waals surface area contributed by atoms with Crippen molar-refractivity contribution in [1.82, 2.24) is 0 Å². The molecule has 0 aromatic carbocycles. The fourth-order valence-electron chi connectivity index (χ4n) is 4.68. The second kappa shape index (κ2) is 23.3. The summed E-state index contributed by atoms with van der Waals surface area (Å²) in [5, 5.41) is 0. The number of esters is 2. The predicted octanol–water partition coefficient (Wildman–Crippen LogP) is 9.29. The third-order valence-corrected chi connectivity index (χ3v) is 7.66. The van der Waals surface area contributed by atoms with E-state index in [1.54, 1.807) is 0 Å². The van der Waals surface area contributed by atoms with Gasteiger partial charge in [-0.3, -0.25) is 9.59 Å². The lowest BCUT2D eigenvalue weighted by Crippen LogP contribution is -2.16. The van der Waals surface area contributed by atoms with Crippen molar-refractivity contribution in [1.29, 1.82) is 0 Å². The summed E-state index contributed by atoms with van der Waals surface area (Å²) in [6.07, 6.45) is 18.1. The fourth-order valence-corrected chi connectivity index (χ4v) is 4.68. The van der Waals surface area contributed by atoms with Gasteiger partial charge < -0.3 is 9.47 Å². The van der Waals surface area contributed by atoms with Gasteiger partial charge in [0.25, 0.3) is 0 Å². The first kappa shape index (κ1) is 33.9. The summed E-state index contributed by atoms with van der Waals surface area (Å²) in [4.78, 5) is 24.3. The molecule has 0 fully saturated rings. The summed E-state index contributed by atoms with van der Waals surface area (Å²) >= 11 is 0. The van der Waals surface area contributed by atoms with E-state index < -0.39 is 0 Å². The standard InChI is InChI=1S/C31H60O4/c1-7-11-18-27(9-3)24-34-30(32)21-17-15-13-14-16-20-29(26(5)6)22-23-31(33)35-25-28(10-4)19-12-8-2/h26-29H,7-25H2,1-6H3. The monoisotopic (exact) mass is 496 g/mol. The molecule has 208 valence electrons. The zero-order valence-electron chi connectivity index (χ0n) is 24.4. The normalized spacial score (nSPS) is 14.0. The van der Waals surface area contributed by atoms with Gasteiger partial charge in [0.2, 0.25) is 0 Å². The maximum Gasteiger partial charge on any atom is 0.305 e. The van der Waals surface area contributed by atoms with Crippen LogP contribution in [0, 0.1) is 23.7 Å². The fraction of sp³-hybridized carbons (Fsp3) is 0.935. The van der Waals surface area contributed by atoms with Crippen molar-refractivity contribution in [3.05, 3.63) is 0 Å². The van der Waals surface area contributed by atoms with Crippen LogP contribution in [-0.2, 0) is 19.1 Å². The Kier molecular flexibility index (Phi) is 22.6.